The summed E-state index contributed by atoms with van der Waals surface area (Å²) in [5, 5.41) is 17.9. The zero-order chi connectivity index (χ0) is 23.4. The molecule has 6 nitrogen and oxygen atoms in total. The molecule has 0 spiro atoms. The number of nitrogens with zero attached hydrogens (tertiary/aromatic N) is 1. The molecule has 1 saturated heterocycles. The number of imide groups is 1. The summed E-state index contributed by atoms with van der Waals surface area (Å²) < 4.78 is 18.8. The number of ether oxygens (including phenoxy) is 1. The Morgan fingerprint density at radius 2 is 1.55 bits per heavy atom. The van der Waals surface area contributed by atoms with Crippen LogP contribution in [0.15, 0.2) is 77.7 Å². The Bertz CT molecular complexity index is 1180. The molecule has 3 aromatic rings. The van der Waals surface area contributed by atoms with E-state index in [1.807, 2.05) is 0 Å². The molecule has 0 aromatic heterocycles. The minimum Gasteiger partial charge on any atom is -0.489 e. The highest BCUT2D eigenvalue weighted by molar-refractivity contribution is 8.18. The molecule has 33 heavy (non-hydrogen) atoms. The number of hydrogen-bond donors (Lipinski definition) is 2. The first kappa shape index (κ1) is 22.8. The number of carbonyl (C=O) groups excluding carboxylic acids is 2. The van der Waals surface area contributed by atoms with E-state index in [2.05, 4.69) is 0 Å². The van der Waals surface area contributed by atoms with E-state index in [0.29, 0.717) is 28.3 Å². The summed E-state index contributed by atoms with van der Waals surface area (Å²) in [5.41, 5.74) is 2.70. The Balaban J connectivity index is 1.37. The van der Waals surface area contributed by atoms with Crippen LogP contribution in [-0.2, 0) is 17.9 Å². The molecule has 1 aliphatic rings. The first-order chi connectivity index (χ1) is 15.9. The summed E-state index contributed by atoms with van der Waals surface area (Å²) in [6, 6.07) is 19.5. The monoisotopic (exact) mass is 463 g/mol. The van der Waals surface area contributed by atoms with Crippen LogP contribution in [-0.4, -0.2) is 33.2 Å². The molecule has 0 bridgehead atoms. The van der Waals surface area contributed by atoms with Gasteiger partial charge in [0.25, 0.3) is 11.1 Å². The topological polar surface area (TPSA) is 87.1 Å². The van der Waals surface area contributed by atoms with Crippen LogP contribution in [0.2, 0.25) is 0 Å². The van der Waals surface area contributed by atoms with Gasteiger partial charge in [0.2, 0.25) is 0 Å². The van der Waals surface area contributed by atoms with Crippen LogP contribution in [0.3, 0.4) is 0 Å². The van der Waals surface area contributed by atoms with E-state index in [-0.39, 0.29) is 23.5 Å². The molecule has 2 N–H and O–H groups in total. The maximum absolute atomic E-state index is 13.1. The molecule has 1 aliphatic heterocycles. The number of thioether (sulfide) groups is 1. The molecular weight excluding hydrogens is 444 g/mol. The van der Waals surface area contributed by atoms with Gasteiger partial charge in [-0.3, -0.25) is 14.5 Å². The van der Waals surface area contributed by atoms with Crippen LogP contribution >= 0.6 is 11.8 Å². The Hall–Kier alpha value is -3.40. The number of benzene rings is 3. The lowest BCUT2D eigenvalue weighted by atomic mass is 9.80. The third-order valence-corrected chi connectivity index (χ3v) is 5.90. The minimum absolute atomic E-state index is 0.0906. The van der Waals surface area contributed by atoms with Crippen molar-refractivity contribution in [2.45, 2.75) is 13.2 Å². The smallest absolute Gasteiger partial charge is 0.488 e. The van der Waals surface area contributed by atoms with Crippen LogP contribution in [0, 0.1) is 5.82 Å². The summed E-state index contributed by atoms with van der Waals surface area (Å²) in [7, 11) is -1.50. The number of amides is 2. The van der Waals surface area contributed by atoms with Gasteiger partial charge in [0.15, 0.2) is 0 Å². The summed E-state index contributed by atoms with van der Waals surface area (Å²) >= 11 is 0.871. The minimum atomic E-state index is -1.50. The Morgan fingerprint density at radius 1 is 0.909 bits per heavy atom. The van der Waals surface area contributed by atoms with Crippen molar-refractivity contribution >= 4 is 41.6 Å². The first-order valence-corrected chi connectivity index (χ1v) is 10.9. The summed E-state index contributed by atoms with van der Waals surface area (Å²) in [4.78, 5) is 26.4. The van der Waals surface area contributed by atoms with Crippen LogP contribution in [0.1, 0.15) is 16.7 Å². The van der Waals surface area contributed by atoms with Gasteiger partial charge in [-0.1, -0.05) is 48.5 Å². The Kier molecular flexibility index (Phi) is 6.93. The van der Waals surface area contributed by atoms with Crippen LogP contribution in [0.25, 0.3) is 6.08 Å². The van der Waals surface area contributed by atoms with Crippen molar-refractivity contribution in [3.8, 4) is 5.75 Å². The predicted octanol–water partition coefficient (Wildman–Crippen LogP) is 3.32. The molecule has 0 radical (unpaired) electrons. The van der Waals surface area contributed by atoms with E-state index in [1.165, 1.54) is 12.1 Å². The summed E-state index contributed by atoms with van der Waals surface area (Å²) in [6.45, 7) is 0.400. The molecule has 0 saturated carbocycles. The SMILES string of the molecule is O=C1SC(=Cc2ccc(OCc3ccc(B(O)O)cc3)cc2)C(=O)N1Cc1ccc(F)cc1. The fourth-order valence-electron chi connectivity index (χ4n) is 3.17. The molecule has 0 atom stereocenters. The quantitative estimate of drug-likeness (QED) is 0.413. The highest BCUT2D eigenvalue weighted by Gasteiger charge is 2.34. The molecule has 166 valence electrons. The van der Waals surface area contributed by atoms with E-state index in [0.717, 1.165) is 27.8 Å². The summed E-state index contributed by atoms with van der Waals surface area (Å²) in [6.07, 6.45) is 1.65. The maximum Gasteiger partial charge on any atom is 0.488 e. The molecule has 3 aromatic carbocycles. The zero-order valence-electron chi connectivity index (χ0n) is 17.3. The fourth-order valence-corrected chi connectivity index (χ4v) is 4.01. The zero-order valence-corrected chi connectivity index (χ0v) is 18.2. The lowest BCUT2D eigenvalue weighted by Gasteiger charge is -2.12. The van der Waals surface area contributed by atoms with Crippen LogP contribution < -0.4 is 10.2 Å². The van der Waals surface area contributed by atoms with Gasteiger partial charge >= 0.3 is 7.12 Å². The van der Waals surface area contributed by atoms with E-state index < -0.39 is 7.12 Å². The van der Waals surface area contributed by atoms with Gasteiger partial charge in [-0.05, 0) is 64.3 Å². The van der Waals surface area contributed by atoms with Gasteiger partial charge in [0.05, 0.1) is 11.4 Å². The van der Waals surface area contributed by atoms with Crippen LogP contribution in [0.4, 0.5) is 9.18 Å². The highest BCUT2D eigenvalue weighted by atomic mass is 32.2. The van der Waals surface area contributed by atoms with Gasteiger partial charge in [-0.15, -0.1) is 0 Å². The van der Waals surface area contributed by atoms with E-state index in [1.54, 1.807) is 66.7 Å². The summed E-state index contributed by atoms with van der Waals surface area (Å²) in [5.74, 6) is -0.131. The van der Waals surface area contributed by atoms with E-state index in [4.69, 9.17) is 14.8 Å². The standard InChI is InChI=1S/C24H19BFNO5S/c26-20-9-3-17(4-10-20)14-27-23(28)22(33-24(27)29)13-16-5-11-21(12-6-16)32-15-18-1-7-19(8-2-18)25(30)31/h1-13,30-31H,14-15H2. The Morgan fingerprint density at radius 3 is 2.18 bits per heavy atom. The average molecular weight is 463 g/mol. The highest BCUT2D eigenvalue weighted by Crippen LogP contribution is 2.33. The van der Waals surface area contributed by atoms with Crippen molar-refractivity contribution < 1.29 is 28.8 Å². The van der Waals surface area contributed by atoms with Crippen molar-refractivity contribution in [2.24, 2.45) is 0 Å². The van der Waals surface area contributed by atoms with Crippen molar-refractivity contribution in [1.82, 2.24) is 4.90 Å². The second kappa shape index (κ2) is 10.0. The van der Waals surface area contributed by atoms with Gasteiger partial charge in [0.1, 0.15) is 18.2 Å². The van der Waals surface area contributed by atoms with Crippen molar-refractivity contribution in [3.05, 3.63) is 100 Å². The Labute approximate surface area is 194 Å². The fraction of sp³-hybridized carbons (Fsp3) is 0.0833. The van der Waals surface area contributed by atoms with E-state index >= 15 is 0 Å². The molecule has 0 aliphatic carbocycles. The van der Waals surface area contributed by atoms with Crippen molar-refractivity contribution in [2.75, 3.05) is 0 Å². The van der Waals surface area contributed by atoms with Crippen LogP contribution in [0.5, 0.6) is 5.75 Å². The third kappa shape index (κ3) is 5.70. The molecule has 2 amide bonds. The normalized spacial score (nSPS) is 14.8. The molecule has 9 heteroatoms. The predicted molar refractivity (Wildman–Crippen MR) is 125 cm³/mol. The molecule has 0 unspecified atom stereocenters. The third-order valence-electron chi connectivity index (χ3n) is 4.99. The van der Waals surface area contributed by atoms with Gasteiger partial charge in [-0.25, -0.2) is 4.39 Å². The first-order valence-electron chi connectivity index (χ1n) is 10.1. The van der Waals surface area contributed by atoms with Gasteiger partial charge < -0.3 is 14.8 Å². The second-order valence-corrected chi connectivity index (χ2v) is 8.36. The number of halogens is 1. The lowest BCUT2D eigenvalue weighted by molar-refractivity contribution is -0.123. The maximum atomic E-state index is 13.1. The lowest BCUT2D eigenvalue weighted by Crippen LogP contribution is -2.29. The van der Waals surface area contributed by atoms with Gasteiger partial charge in [0, 0.05) is 0 Å². The average Bonchev–Trinajstić information content (AvgIpc) is 3.07. The van der Waals surface area contributed by atoms with Crippen molar-refractivity contribution in [3.63, 3.8) is 0 Å². The molecule has 4 rings (SSSR count). The second-order valence-electron chi connectivity index (χ2n) is 7.37. The number of carbonyl (C=O) groups is 2. The number of rotatable bonds is 7. The molecular formula is C24H19BFNO5S. The molecule has 1 heterocycles. The van der Waals surface area contributed by atoms with Gasteiger partial charge in [-0.2, -0.15) is 0 Å². The molecule has 1 fully saturated rings. The van der Waals surface area contributed by atoms with Crippen molar-refractivity contribution in [1.29, 1.82) is 0 Å². The number of hydrogen-bond acceptors (Lipinski definition) is 6. The van der Waals surface area contributed by atoms with E-state index in [9.17, 15) is 14.0 Å². The largest absolute Gasteiger partial charge is 0.489 e.